The molecule has 0 bridgehead atoms. The molecule has 0 saturated carbocycles. The average Bonchev–Trinajstić information content (AvgIpc) is 2.41. The molecule has 2 rings (SSSR count). The Balaban J connectivity index is 2.35. The van der Waals surface area contributed by atoms with E-state index in [4.69, 9.17) is 4.74 Å². The molecule has 0 aliphatic carbocycles. The highest BCUT2D eigenvalue weighted by molar-refractivity contribution is 7.99. The molecule has 1 atom stereocenters. The van der Waals surface area contributed by atoms with Gasteiger partial charge >= 0.3 is 0 Å². The van der Waals surface area contributed by atoms with Gasteiger partial charge in [-0.05, 0) is 24.3 Å². The number of hydrogen-bond donors (Lipinski definition) is 1. The van der Waals surface area contributed by atoms with Crippen molar-refractivity contribution in [2.24, 2.45) is 5.41 Å². The van der Waals surface area contributed by atoms with Crippen LogP contribution in [0.1, 0.15) is 20.3 Å². The van der Waals surface area contributed by atoms with E-state index in [0.29, 0.717) is 0 Å². The molecule has 1 aromatic rings. The Labute approximate surface area is 119 Å². The number of rotatable bonds is 3. The zero-order chi connectivity index (χ0) is 13.9. The summed E-state index contributed by atoms with van der Waals surface area (Å²) in [6.07, 6.45) is 1.04. The summed E-state index contributed by atoms with van der Waals surface area (Å²) in [5, 5.41) is 13.2. The number of nitrogens with zero attached hydrogens (tertiary/aromatic N) is 1. The summed E-state index contributed by atoms with van der Waals surface area (Å²) in [6.45, 7) is 4.33. The number of benzene rings is 1. The van der Waals surface area contributed by atoms with Gasteiger partial charge in [0.2, 0.25) is 0 Å². The molecule has 102 valence electrons. The van der Waals surface area contributed by atoms with Gasteiger partial charge in [0.1, 0.15) is 11.3 Å². The molecular weight excluding hydrogens is 256 g/mol. The first-order valence-electron chi connectivity index (χ1n) is 6.45. The molecule has 3 nitrogen and oxygen atoms in total. The third-order valence-corrected chi connectivity index (χ3v) is 5.12. The van der Waals surface area contributed by atoms with Crippen LogP contribution < -0.4 is 10.1 Å². The van der Waals surface area contributed by atoms with E-state index in [1.165, 1.54) is 0 Å². The second-order valence-electron chi connectivity index (χ2n) is 5.53. The van der Waals surface area contributed by atoms with E-state index in [1.807, 2.05) is 36.0 Å². The van der Waals surface area contributed by atoms with Crippen LogP contribution in [0.25, 0.3) is 0 Å². The molecule has 1 unspecified atom stereocenters. The van der Waals surface area contributed by atoms with Crippen molar-refractivity contribution in [3.05, 3.63) is 24.3 Å². The molecule has 1 aliphatic heterocycles. The summed E-state index contributed by atoms with van der Waals surface area (Å²) in [4.78, 5) is 0. The second kappa shape index (κ2) is 5.34. The van der Waals surface area contributed by atoms with Crippen LogP contribution in [0.5, 0.6) is 5.75 Å². The largest absolute Gasteiger partial charge is 0.495 e. The molecule has 0 aromatic heterocycles. The number of nitriles is 1. The summed E-state index contributed by atoms with van der Waals surface area (Å²) in [6, 6.07) is 10.3. The quantitative estimate of drug-likeness (QED) is 0.917. The molecule has 19 heavy (non-hydrogen) atoms. The standard InChI is InChI=1S/C15H20N2OS/c1-14(2)8-9-19-11-15(14,10-16)17-12-6-4-5-7-13(12)18-3/h4-7,17H,8-9,11H2,1-3H3. The van der Waals surface area contributed by atoms with E-state index in [-0.39, 0.29) is 5.41 Å². The molecule has 0 spiro atoms. The summed E-state index contributed by atoms with van der Waals surface area (Å²) in [5.74, 6) is 2.70. The number of hydrogen-bond acceptors (Lipinski definition) is 4. The summed E-state index contributed by atoms with van der Waals surface area (Å²) in [5.41, 5.74) is 0.278. The number of nitrogens with one attached hydrogen (secondary N) is 1. The molecule has 1 saturated heterocycles. The van der Waals surface area contributed by atoms with E-state index in [1.54, 1.807) is 7.11 Å². The molecule has 0 radical (unpaired) electrons. The monoisotopic (exact) mass is 276 g/mol. The second-order valence-corrected chi connectivity index (χ2v) is 6.63. The highest BCUT2D eigenvalue weighted by atomic mass is 32.2. The zero-order valence-electron chi connectivity index (χ0n) is 11.7. The lowest BCUT2D eigenvalue weighted by Crippen LogP contribution is -2.54. The molecule has 1 aliphatic rings. The fourth-order valence-corrected chi connectivity index (χ4v) is 3.99. The van der Waals surface area contributed by atoms with Crippen LogP contribution >= 0.6 is 11.8 Å². The van der Waals surface area contributed by atoms with Crippen molar-refractivity contribution in [1.82, 2.24) is 0 Å². The summed E-state index contributed by atoms with van der Waals surface area (Å²) in [7, 11) is 1.65. The van der Waals surface area contributed by atoms with Crippen molar-refractivity contribution >= 4 is 17.4 Å². The molecule has 1 fully saturated rings. The van der Waals surface area contributed by atoms with Gasteiger partial charge in [0, 0.05) is 11.2 Å². The Morgan fingerprint density at radius 2 is 2.11 bits per heavy atom. The molecule has 0 amide bonds. The first kappa shape index (κ1) is 14.1. The van der Waals surface area contributed by atoms with Crippen molar-refractivity contribution in [3.63, 3.8) is 0 Å². The number of ether oxygens (including phenoxy) is 1. The minimum absolute atomic E-state index is 0.0617. The molecular formula is C15H20N2OS. The van der Waals surface area contributed by atoms with Gasteiger partial charge in [-0.3, -0.25) is 0 Å². The smallest absolute Gasteiger partial charge is 0.141 e. The van der Waals surface area contributed by atoms with Gasteiger partial charge in [-0.25, -0.2) is 0 Å². The Morgan fingerprint density at radius 3 is 2.74 bits per heavy atom. The third kappa shape index (κ3) is 2.52. The van der Waals surface area contributed by atoms with Crippen molar-refractivity contribution in [2.45, 2.75) is 25.8 Å². The minimum atomic E-state index is -0.551. The van der Waals surface area contributed by atoms with E-state index in [9.17, 15) is 5.26 Å². The van der Waals surface area contributed by atoms with Gasteiger partial charge in [-0.1, -0.05) is 26.0 Å². The first-order valence-corrected chi connectivity index (χ1v) is 7.60. The third-order valence-electron chi connectivity index (χ3n) is 3.99. The molecule has 1 aromatic carbocycles. The molecule has 1 N–H and O–H groups in total. The molecule has 4 heteroatoms. The van der Waals surface area contributed by atoms with Crippen molar-refractivity contribution in [1.29, 1.82) is 5.26 Å². The Bertz CT molecular complexity index is 495. The van der Waals surface area contributed by atoms with Crippen LogP contribution in [0.2, 0.25) is 0 Å². The lowest BCUT2D eigenvalue weighted by molar-refractivity contribution is 0.247. The van der Waals surface area contributed by atoms with Gasteiger partial charge in [0.05, 0.1) is 18.9 Å². The van der Waals surface area contributed by atoms with Gasteiger partial charge in [-0.2, -0.15) is 17.0 Å². The van der Waals surface area contributed by atoms with E-state index in [2.05, 4.69) is 25.2 Å². The number of para-hydroxylation sites is 2. The van der Waals surface area contributed by atoms with Crippen LogP contribution in [0, 0.1) is 16.7 Å². The Morgan fingerprint density at radius 1 is 1.37 bits per heavy atom. The fourth-order valence-electron chi connectivity index (χ4n) is 2.36. The van der Waals surface area contributed by atoms with Gasteiger partial charge in [-0.15, -0.1) is 0 Å². The van der Waals surface area contributed by atoms with Crippen LogP contribution in [-0.4, -0.2) is 24.2 Å². The average molecular weight is 276 g/mol. The van der Waals surface area contributed by atoms with E-state index in [0.717, 1.165) is 29.4 Å². The van der Waals surface area contributed by atoms with E-state index < -0.39 is 5.54 Å². The van der Waals surface area contributed by atoms with Crippen molar-refractivity contribution < 1.29 is 4.74 Å². The maximum Gasteiger partial charge on any atom is 0.141 e. The first-order chi connectivity index (χ1) is 9.04. The van der Waals surface area contributed by atoms with Crippen LogP contribution in [-0.2, 0) is 0 Å². The molecule has 1 heterocycles. The minimum Gasteiger partial charge on any atom is -0.495 e. The van der Waals surface area contributed by atoms with Gasteiger partial charge < -0.3 is 10.1 Å². The van der Waals surface area contributed by atoms with Crippen molar-refractivity contribution in [2.75, 3.05) is 23.9 Å². The maximum atomic E-state index is 9.74. The predicted molar refractivity (Wildman–Crippen MR) is 80.7 cm³/mol. The fraction of sp³-hybridized carbons (Fsp3) is 0.533. The lowest BCUT2D eigenvalue weighted by Gasteiger charge is -2.46. The predicted octanol–water partition coefficient (Wildman–Crippen LogP) is 3.53. The van der Waals surface area contributed by atoms with Gasteiger partial charge in [0.25, 0.3) is 0 Å². The summed E-state index contributed by atoms with van der Waals surface area (Å²) < 4.78 is 5.37. The van der Waals surface area contributed by atoms with Crippen LogP contribution in [0.15, 0.2) is 24.3 Å². The zero-order valence-corrected chi connectivity index (χ0v) is 12.5. The maximum absolute atomic E-state index is 9.74. The van der Waals surface area contributed by atoms with Crippen molar-refractivity contribution in [3.8, 4) is 11.8 Å². The topological polar surface area (TPSA) is 45.0 Å². The SMILES string of the molecule is COc1ccccc1NC1(C#N)CSCCC1(C)C. The highest BCUT2D eigenvalue weighted by Crippen LogP contribution is 2.44. The summed E-state index contributed by atoms with van der Waals surface area (Å²) >= 11 is 1.84. The highest BCUT2D eigenvalue weighted by Gasteiger charge is 2.48. The Hall–Kier alpha value is -1.34. The van der Waals surface area contributed by atoms with E-state index >= 15 is 0 Å². The number of anilines is 1. The van der Waals surface area contributed by atoms with Gasteiger partial charge in [0.15, 0.2) is 0 Å². The normalized spacial score (nSPS) is 25.4. The number of thioether (sulfide) groups is 1. The lowest BCUT2D eigenvalue weighted by atomic mass is 9.71. The number of methoxy groups -OCH3 is 1. The van der Waals surface area contributed by atoms with Crippen LogP contribution in [0.3, 0.4) is 0 Å². The van der Waals surface area contributed by atoms with Crippen LogP contribution in [0.4, 0.5) is 5.69 Å². The Kier molecular flexibility index (Phi) is 3.96.